The highest BCUT2D eigenvalue weighted by molar-refractivity contribution is 6.39. The minimum Gasteiger partial charge on any atom is -0.489 e. The Morgan fingerprint density at radius 3 is 2.18 bits per heavy atom. The number of esters is 1. The van der Waals surface area contributed by atoms with E-state index in [4.69, 9.17) is 32.7 Å². The van der Waals surface area contributed by atoms with Crippen LogP contribution in [0.25, 0.3) is 17.2 Å². The number of rotatable bonds is 8. The van der Waals surface area contributed by atoms with Gasteiger partial charge in [0.25, 0.3) is 0 Å². The number of carbonyl (C=O) groups is 1. The summed E-state index contributed by atoms with van der Waals surface area (Å²) in [5.41, 5.74) is 5.20. The Labute approximate surface area is 241 Å². The first-order chi connectivity index (χ1) is 18.9. The zero-order valence-electron chi connectivity index (χ0n) is 22.3. The first-order valence-corrected chi connectivity index (χ1v) is 14.8. The molecule has 202 valence electrons. The number of hydrogen-bond donors (Lipinski definition) is 0. The van der Waals surface area contributed by atoms with Crippen LogP contribution in [0.3, 0.4) is 0 Å². The van der Waals surface area contributed by atoms with Crippen molar-refractivity contribution in [2.75, 3.05) is 6.61 Å². The van der Waals surface area contributed by atoms with Crippen molar-refractivity contribution in [1.29, 1.82) is 0 Å². The normalized spacial score (nSPS) is 25.3. The molecule has 39 heavy (non-hydrogen) atoms. The van der Waals surface area contributed by atoms with E-state index in [1.165, 1.54) is 50.2 Å². The fourth-order valence-corrected chi connectivity index (χ4v) is 8.44. The van der Waals surface area contributed by atoms with Crippen LogP contribution in [0.5, 0.6) is 5.75 Å². The summed E-state index contributed by atoms with van der Waals surface area (Å²) in [7, 11) is 0. The van der Waals surface area contributed by atoms with E-state index in [1.54, 1.807) is 13.0 Å². The third-order valence-electron chi connectivity index (χ3n) is 8.88. The van der Waals surface area contributed by atoms with E-state index in [1.807, 2.05) is 18.2 Å². The third-order valence-corrected chi connectivity index (χ3v) is 9.47. The molecule has 5 heteroatoms. The molecule has 0 N–H and O–H groups in total. The molecule has 4 aliphatic carbocycles. The molecule has 0 amide bonds. The summed E-state index contributed by atoms with van der Waals surface area (Å²) in [4.78, 5) is 11.8. The van der Waals surface area contributed by atoms with Crippen LogP contribution >= 0.6 is 23.2 Å². The largest absolute Gasteiger partial charge is 0.489 e. The molecule has 3 aromatic rings. The van der Waals surface area contributed by atoms with Crippen LogP contribution in [0.4, 0.5) is 0 Å². The van der Waals surface area contributed by atoms with Crippen molar-refractivity contribution in [3.8, 4) is 16.9 Å². The van der Waals surface area contributed by atoms with Crippen molar-refractivity contribution in [2.45, 2.75) is 57.5 Å². The second-order valence-corrected chi connectivity index (χ2v) is 12.4. The molecule has 0 unspecified atom stereocenters. The monoisotopic (exact) mass is 560 g/mol. The number of hydrogen-bond acceptors (Lipinski definition) is 3. The van der Waals surface area contributed by atoms with E-state index in [2.05, 4.69) is 42.5 Å². The first-order valence-electron chi connectivity index (χ1n) is 14.1. The molecule has 0 spiro atoms. The SMILES string of the molecule is CCOC(=O)C=Cc1cc(Cl)c(-c2ccc(OCc3ccccc3)c(C34CC5CC(CC(C5)C3)C4)c2)c(Cl)c1. The van der Waals surface area contributed by atoms with E-state index in [0.717, 1.165) is 45.8 Å². The van der Waals surface area contributed by atoms with E-state index < -0.39 is 0 Å². The van der Waals surface area contributed by atoms with Crippen molar-refractivity contribution in [3.63, 3.8) is 0 Å². The van der Waals surface area contributed by atoms with Crippen LogP contribution in [0.1, 0.15) is 62.1 Å². The molecule has 4 fully saturated rings. The average Bonchev–Trinajstić information content (AvgIpc) is 2.91. The van der Waals surface area contributed by atoms with Gasteiger partial charge in [-0.3, -0.25) is 0 Å². The fourth-order valence-electron chi connectivity index (χ4n) is 7.72. The Morgan fingerprint density at radius 2 is 1.56 bits per heavy atom. The standard InChI is InChI=1S/C34H34Cl2O3/c1-2-38-32(37)11-8-23-15-29(35)33(30(36)16-23)27-9-10-31(39-21-22-6-4-3-5-7-22)28(17-27)34-18-24-12-25(19-34)14-26(13-24)20-34/h3-11,15-17,24-26H,2,12-14,18-21H2,1H3. The van der Waals surface area contributed by atoms with Crippen molar-refractivity contribution in [2.24, 2.45) is 17.8 Å². The van der Waals surface area contributed by atoms with E-state index >= 15 is 0 Å². The predicted molar refractivity (Wildman–Crippen MR) is 158 cm³/mol. The van der Waals surface area contributed by atoms with E-state index in [9.17, 15) is 4.79 Å². The van der Waals surface area contributed by atoms with Gasteiger partial charge in [0.05, 0.1) is 16.7 Å². The van der Waals surface area contributed by atoms with Crippen molar-refractivity contribution < 1.29 is 14.3 Å². The Bertz CT molecular complexity index is 1340. The Kier molecular flexibility index (Phi) is 7.48. The molecule has 4 saturated carbocycles. The molecule has 0 atom stereocenters. The maximum Gasteiger partial charge on any atom is 0.330 e. The molecule has 3 nitrogen and oxygen atoms in total. The number of ether oxygens (including phenoxy) is 2. The molecule has 4 aliphatic rings. The summed E-state index contributed by atoms with van der Waals surface area (Å²) >= 11 is 13.7. The highest BCUT2D eigenvalue weighted by Crippen LogP contribution is 2.62. The second-order valence-electron chi connectivity index (χ2n) is 11.6. The molecule has 0 aromatic heterocycles. The van der Waals surface area contributed by atoms with Gasteiger partial charge < -0.3 is 9.47 Å². The molecule has 7 rings (SSSR count). The molecular formula is C34H34Cl2O3. The maximum absolute atomic E-state index is 11.8. The second kappa shape index (κ2) is 11.0. The maximum atomic E-state index is 11.8. The summed E-state index contributed by atoms with van der Waals surface area (Å²) in [6.45, 7) is 2.66. The lowest BCUT2D eigenvalue weighted by molar-refractivity contribution is -0.137. The van der Waals surface area contributed by atoms with Gasteiger partial charge in [-0.05, 0) is 116 Å². The van der Waals surface area contributed by atoms with Crippen molar-refractivity contribution >= 4 is 35.2 Å². The molecule has 0 aliphatic heterocycles. The van der Waals surface area contributed by atoms with Crippen LogP contribution in [0, 0.1) is 17.8 Å². The minimum atomic E-state index is -0.389. The van der Waals surface area contributed by atoms with E-state index in [-0.39, 0.29) is 11.4 Å². The van der Waals surface area contributed by atoms with Gasteiger partial charge in [0.1, 0.15) is 12.4 Å². The van der Waals surface area contributed by atoms with E-state index in [0.29, 0.717) is 23.3 Å². The Hall–Kier alpha value is -2.75. The van der Waals surface area contributed by atoms with Crippen LogP contribution in [0.2, 0.25) is 10.0 Å². The zero-order chi connectivity index (χ0) is 27.0. The third kappa shape index (κ3) is 5.49. The summed E-state index contributed by atoms with van der Waals surface area (Å²) in [5.74, 6) is 3.05. The lowest BCUT2D eigenvalue weighted by Gasteiger charge is -2.57. The van der Waals surface area contributed by atoms with Gasteiger partial charge in [-0.1, -0.05) is 59.6 Å². The molecule has 0 radical (unpaired) electrons. The highest BCUT2D eigenvalue weighted by atomic mass is 35.5. The minimum absolute atomic E-state index is 0.151. The smallest absolute Gasteiger partial charge is 0.330 e. The molecule has 0 heterocycles. The van der Waals surface area contributed by atoms with Gasteiger partial charge in [-0.2, -0.15) is 0 Å². The Morgan fingerprint density at radius 1 is 0.923 bits per heavy atom. The quantitative estimate of drug-likeness (QED) is 0.203. The molecule has 3 aromatic carbocycles. The summed E-state index contributed by atoms with van der Waals surface area (Å²) in [5, 5.41) is 1.11. The first kappa shape index (κ1) is 26.5. The van der Waals surface area contributed by atoms with Gasteiger partial charge in [0.2, 0.25) is 0 Å². The number of halogens is 2. The van der Waals surface area contributed by atoms with Gasteiger partial charge >= 0.3 is 5.97 Å². The van der Waals surface area contributed by atoms with Gasteiger partial charge in [-0.25, -0.2) is 4.79 Å². The van der Waals surface area contributed by atoms with Gasteiger partial charge in [-0.15, -0.1) is 0 Å². The number of benzene rings is 3. The topological polar surface area (TPSA) is 35.5 Å². The van der Waals surface area contributed by atoms with Crippen LogP contribution in [0.15, 0.2) is 66.7 Å². The van der Waals surface area contributed by atoms with Crippen LogP contribution < -0.4 is 4.74 Å². The van der Waals surface area contributed by atoms with Crippen molar-refractivity contribution in [3.05, 3.63) is 93.5 Å². The highest BCUT2D eigenvalue weighted by Gasteiger charge is 2.52. The van der Waals surface area contributed by atoms with Crippen LogP contribution in [-0.4, -0.2) is 12.6 Å². The van der Waals surface area contributed by atoms with Gasteiger partial charge in [0, 0.05) is 17.2 Å². The predicted octanol–water partition coefficient (Wildman–Crippen LogP) is 9.28. The van der Waals surface area contributed by atoms with Gasteiger partial charge in [0.15, 0.2) is 0 Å². The molecule has 4 bridgehead atoms. The summed E-state index contributed by atoms with van der Waals surface area (Å²) < 4.78 is 11.5. The fraction of sp³-hybridized carbons (Fsp3) is 0.382. The molecule has 0 saturated heterocycles. The lowest BCUT2D eigenvalue weighted by Crippen LogP contribution is -2.48. The molecular weight excluding hydrogens is 527 g/mol. The summed E-state index contributed by atoms with van der Waals surface area (Å²) in [6.07, 6.45) is 11.0. The van der Waals surface area contributed by atoms with Crippen molar-refractivity contribution in [1.82, 2.24) is 0 Å². The average molecular weight is 562 g/mol. The zero-order valence-corrected chi connectivity index (χ0v) is 23.8. The lowest BCUT2D eigenvalue weighted by atomic mass is 9.48. The summed E-state index contributed by atoms with van der Waals surface area (Å²) in [6, 6.07) is 20.5. The van der Waals surface area contributed by atoms with Crippen LogP contribution in [-0.2, 0) is 21.6 Å². The Balaban J connectivity index is 1.37. The number of carbonyl (C=O) groups excluding carboxylic acids is 1.